The number of carboxylic acid groups (broad SMARTS) is 1. The molecule has 1 saturated carbocycles. The zero-order valence-corrected chi connectivity index (χ0v) is 10.7. The Hall–Kier alpha value is -1.40. The van der Waals surface area contributed by atoms with Crippen molar-refractivity contribution < 1.29 is 14.7 Å². The Morgan fingerprint density at radius 2 is 2.28 bits per heavy atom. The molecule has 1 aromatic rings. The van der Waals surface area contributed by atoms with Crippen molar-refractivity contribution in [3.8, 4) is 0 Å². The highest BCUT2D eigenvalue weighted by Crippen LogP contribution is 2.29. The zero-order chi connectivity index (χ0) is 13.1. The third-order valence-corrected chi connectivity index (χ3v) is 3.65. The summed E-state index contributed by atoms with van der Waals surface area (Å²) in [5.41, 5.74) is 6.72. The van der Waals surface area contributed by atoms with Crippen LogP contribution in [0.4, 0.5) is 0 Å². The summed E-state index contributed by atoms with van der Waals surface area (Å²) < 4.78 is 0. The molecule has 5 nitrogen and oxygen atoms in total. The van der Waals surface area contributed by atoms with Crippen molar-refractivity contribution >= 4 is 23.2 Å². The first-order valence-electron chi connectivity index (χ1n) is 5.87. The van der Waals surface area contributed by atoms with Crippen LogP contribution in [0.2, 0.25) is 0 Å². The van der Waals surface area contributed by atoms with Crippen molar-refractivity contribution in [1.29, 1.82) is 0 Å². The first-order valence-corrected chi connectivity index (χ1v) is 6.81. The number of hydrogen-bond donors (Lipinski definition) is 2. The predicted molar refractivity (Wildman–Crippen MR) is 68.1 cm³/mol. The summed E-state index contributed by atoms with van der Waals surface area (Å²) in [6, 6.07) is 1.26. The van der Waals surface area contributed by atoms with E-state index < -0.39 is 12.0 Å². The Labute approximate surface area is 109 Å². The van der Waals surface area contributed by atoms with E-state index in [0.717, 1.165) is 18.4 Å². The lowest BCUT2D eigenvalue weighted by molar-refractivity contribution is -0.142. The molecule has 0 aliphatic heterocycles. The van der Waals surface area contributed by atoms with E-state index in [1.54, 1.807) is 16.2 Å². The summed E-state index contributed by atoms with van der Waals surface area (Å²) in [4.78, 5) is 24.4. The molecule has 2 rings (SSSR count). The molecule has 1 aliphatic carbocycles. The molecule has 1 amide bonds. The Kier molecular flexibility index (Phi) is 3.98. The van der Waals surface area contributed by atoms with E-state index in [1.807, 2.05) is 16.8 Å². The third-order valence-electron chi connectivity index (χ3n) is 2.92. The van der Waals surface area contributed by atoms with Crippen molar-refractivity contribution in [2.45, 2.75) is 37.9 Å². The summed E-state index contributed by atoms with van der Waals surface area (Å²) in [6.45, 7) is 0.528. The van der Waals surface area contributed by atoms with E-state index in [1.165, 1.54) is 0 Å². The molecular weight excluding hydrogens is 252 g/mol. The van der Waals surface area contributed by atoms with Crippen LogP contribution in [0.25, 0.3) is 0 Å². The van der Waals surface area contributed by atoms with E-state index in [2.05, 4.69) is 0 Å². The number of carbonyl (C=O) groups excluding carboxylic acids is 1. The number of nitrogens with zero attached hydrogens (tertiary/aromatic N) is 1. The Balaban J connectivity index is 2.00. The lowest BCUT2D eigenvalue weighted by Crippen LogP contribution is -2.45. The summed E-state index contributed by atoms with van der Waals surface area (Å²) in [6.07, 6.45) is 1.65. The number of aliphatic carboxylic acids is 1. The lowest BCUT2D eigenvalue weighted by atomic mass is 10.1. The fraction of sp³-hybridized carbons (Fsp3) is 0.500. The van der Waals surface area contributed by atoms with Crippen LogP contribution in [0.5, 0.6) is 0 Å². The molecule has 0 spiro atoms. The Morgan fingerprint density at radius 3 is 2.78 bits per heavy atom. The normalized spacial score (nSPS) is 16.3. The highest BCUT2D eigenvalue weighted by atomic mass is 32.1. The van der Waals surface area contributed by atoms with Crippen LogP contribution in [0.3, 0.4) is 0 Å². The van der Waals surface area contributed by atoms with Crippen LogP contribution >= 0.6 is 11.3 Å². The minimum Gasteiger partial charge on any atom is -0.481 e. The fourth-order valence-electron chi connectivity index (χ4n) is 1.84. The zero-order valence-electron chi connectivity index (χ0n) is 9.91. The molecule has 1 fully saturated rings. The Bertz CT molecular complexity index is 429. The molecule has 0 aromatic carbocycles. The van der Waals surface area contributed by atoms with E-state index in [0.29, 0.717) is 6.54 Å². The highest BCUT2D eigenvalue weighted by Gasteiger charge is 2.35. The van der Waals surface area contributed by atoms with E-state index >= 15 is 0 Å². The molecule has 98 valence electrons. The molecule has 6 heteroatoms. The number of nitrogens with two attached hydrogens (primary N) is 1. The molecule has 1 aromatic heterocycles. The lowest BCUT2D eigenvalue weighted by Gasteiger charge is -2.24. The minimum absolute atomic E-state index is 0.234. The standard InChI is InChI=1S/C12H16N2O3S/c13-10(5-11(15)16)12(17)14(9-1-2-9)6-8-3-4-18-7-8/h3-4,7,9-10H,1-2,5-6,13H2,(H,15,16). The molecule has 18 heavy (non-hydrogen) atoms. The number of hydrogen-bond acceptors (Lipinski definition) is 4. The van der Waals surface area contributed by atoms with Crippen LogP contribution in [-0.2, 0) is 16.1 Å². The van der Waals surface area contributed by atoms with Gasteiger partial charge in [-0.25, -0.2) is 0 Å². The highest BCUT2D eigenvalue weighted by molar-refractivity contribution is 7.07. The largest absolute Gasteiger partial charge is 0.481 e. The summed E-state index contributed by atoms with van der Waals surface area (Å²) in [5.74, 6) is -1.30. The SMILES string of the molecule is NC(CC(=O)O)C(=O)N(Cc1ccsc1)C1CC1. The smallest absolute Gasteiger partial charge is 0.305 e. The molecular formula is C12H16N2O3S. The van der Waals surface area contributed by atoms with Gasteiger partial charge in [0.25, 0.3) is 0 Å². The fourth-order valence-corrected chi connectivity index (χ4v) is 2.50. The van der Waals surface area contributed by atoms with E-state index in [-0.39, 0.29) is 18.4 Å². The van der Waals surface area contributed by atoms with Gasteiger partial charge in [-0.2, -0.15) is 11.3 Å². The average molecular weight is 268 g/mol. The molecule has 0 bridgehead atoms. The van der Waals surface area contributed by atoms with Gasteiger partial charge in [-0.1, -0.05) is 0 Å². The summed E-state index contributed by atoms with van der Waals surface area (Å²) in [7, 11) is 0. The van der Waals surface area contributed by atoms with Gasteiger partial charge < -0.3 is 15.7 Å². The number of carboxylic acids is 1. The van der Waals surface area contributed by atoms with Gasteiger partial charge in [-0.05, 0) is 35.2 Å². The van der Waals surface area contributed by atoms with Crippen LogP contribution < -0.4 is 5.73 Å². The molecule has 0 radical (unpaired) electrons. The van der Waals surface area contributed by atoms with Crippen molar-refractivity contribution in [3.05, 3.63) is 22.4 Å². The molecule has 3 N–H and O–H groups in total. The third kappa shape index (κ3) is 3.30. The molecule has 1 heterocycles. The van der Waals surface area contributed by atoms with Crippen molar-refractivity contribution in [1.82, 2.24) is 4.90 Å². The van der Waals surface area contributed by atoms with Crippen LogP contribution in [0, 0.1) is 0 Å². The maximum atomic E-state index is 12.1. The summed E-state index contributed by atoms with van der Waals surface area (Å²) >= 11 is 1.58. The van der Waals surface area contributed by atoms with Gasteiger partial charge >= 0.3 is 5.97 Å². The number of carbonyl (C=O) groups is 2. The van der Waals surface area contributed by atoms with E-state index in [4.69, 9.17) is 10.8 Å². The van der Waals surface area contributed by atoms with E-state index in [9.17, 15) is 9.59 Å². The second-order valence-electron chi connectivity index (χ2n) is 4.53. The molecule has 1 atom stereocenters. The topological polar surface area (TPSA) is 83.6 Å². The first-order chi connectivity index (χ1) is 8.58. The average Bonchev–Trinajstić information content (AvgIpc) is 3.02. The van der Waals surface area contributed by atoms with Crippen molar-refractivity contribution in [3.63, 3.8) is 0 Å². The van der Waals surface area contributed by atoms with Gasteiger partial charge in [0, 0.05) is 12.6 Å². The quantitative estimate of drug-likeness (QED) is 0.807. The van der Waals surface area contributed by atoms with Gasteiger partial charge in [0.1, 0.15) is 0 Å². The first kappa shape index (κ1) is 13.0. The maximum Gasteiger partial charge on any atom is 0.305 e. The van der Waals surface area contributed by atoms with Gasteiger partial charge in [-0.3, -0.25) is 9.59 Å². The maximum absolute atomic E-state index is 12.1. The van der Waals surface area contributed by atoms with Crippen LogP contribution in [0.1, 0.15) is 24.8 Å². The van der Waals surface area contributed by atoms with Crippen molar-refractivity contribution in [2.75, 3.05) is 0 Å². The Morgan fingerprint density at radius 1 is 1.56 bits per heavy atom. The second-order valence-corrected chi connectivity index (χ2v) is 5.31. The van der Waals surface area contributed by atoms with Gasteiger partial charge in [-0.15, -0.1) is 0 Å². The monoisotopic (exact) mass is 268 g/mol. The van der Waals surface area contributed by atoms with Crippen molar-refractivity contribution in [2.24, 2.45) is 5.73 Å². The number of thiophene rings is 1. The second kappa shape index (κ2) is 5.49. The minimum atomic E-state index is -1.04. The summed E-state index contributed by atoms with van der Waals surface area (Å²) in [5, 5.41) is 12.6. The molecule has 0 saturated heterocycles. The van der Waals surface area contributed by atoms with Gasteiger partial charge in [0.05, 0.1) is 12.5 Å². The number of amides is 1. The van der Waals surface area contributed by atoms with Crippen LogP contribution in [-0.4, -0.2) is 34.0 Å². The van der Waals surface area contributed by atoms with Gasteiger partial charge in [0.15, 0.2) is 0 Å². The van der Waals surface area contributed by atoms with Crippen LogP contribution in [0.15, 0.2) is 16.8 Å². The van der Waals surface area contributed by atoms with Gasteiger partial charge in [0.2, 0.25) is 5.91 Å². The molecule has 1 unspecified atom stereocenters. The number of rotatable bonds is 6. The molecule has 1 aliphatic rings. The predicted octanol–water partition coefficient (Wildman–Crippen LogP) is 1.04.